The molecule has 2 bridgehead atoms. The second-order valence-electron chi connectivity index (χ2n) is 6.70. The number of hydrogen-bond acceptors (Lipinski definition) is 1. The van der Waals surface area contributed by atoms with Gasteiger partial charge in [-0.25, -0.2) is 0 Å². The van der Waals surface area contributed by atoms with E-state index in [1.807, 2.05) is 6.07 Å². The summed E-state index contributed by atoms with van der Waals surface area (Å²) in [6.45, 7) is 2.16. The highest BCUT2D eigenvalue weighted by Gasteiger charge is 2.50. The lowest BCUT2D eigenvalue weighted by Gasteiger charge is -2.36. The normalized spacial score (nSPS) is 30.9. The first-order valence-corrected chi connectivity index (χ1v) is 7.74. The second-order valence-corrected chi connectivity index (χ2v) is 6.70. The van der Waals surface area contributed by atoms with Gasteiger partial charge in [0.2, 0.25) is 0 Å². The maximum Gasteiger partial charge on any atom is 0.166 e. The van der Waals surface area contributed by atoms with Crippen molar-refractivity contribution in [2.75, 3.05) is 0 Å². The number of aromatic nitrogens is 1. The van der Waals surface area contributed by atoms with Crippen LogP contribution < -0.4 is 0 Å². The second kappa shape index (κ2) is 3.76. The van der Waals surface area contributed by atoms with Crippen LogP contribution in [0, 0.1) is 18.8 Å². The molecule has 2 heterocycles. The average molecular weight is 275 g/mol. The summed E-state index contributed by atoms with van der Waals surface area (Å²) in [5.74, 6) is 2.45. The number of benzene rings is 1. The van der Waals surface area contributed by atoms with Gasteiger partial charge >= 0.3 is 0 Å². The van der Waals surface area contributed by atoms with Crippen LogP contribution in [0.5, 0.6) is 0 Å². The SMILES string of the molecule is Cc1ccc2c(c1)C1C3C=CC(C3)C1c1ccc(C=O)n1-2. The van der Waals surface area contributed by atoms with E-state index in [2.05, 4.69) is 47.9 Å². The summed E-state index contributed by atoms with van der Waals surface area (Å²) in [6, 6.07) is 10.8. The van der Waals surface area contributed by atoms with Crippen LogP contribution in [0.3, 0.4) is 0 Å². The molecule has 4 unspecified atom stereocenters. The van der Waals surface area contributed by atoms with Crippen LogP contribution in [-0.4, -0.2) is 10.9 Å². The Balaban J connectivity index is 1.86. The van der Waals surface area contributed by atoms with Crippen LogP contribution in [0.2, 0.25) is 0 Å². The molecular formula is C19H17NO. The molecule has 1 aromatic heterocycles. The number of rotatable bonds is 1. The maximum absolute atomic E-state index is 11.4. The minimum absolute atomic E-state index is 0.544. The lowest BCUT2D eigenvalue weighted by atomic mass is 9.74. The molecule has 0 radical (unpaired) electrons. The van der Waals surface area contributed by atoms with E-state index in [9.17, 15) is 4.79 Å². The van der Waals surface area contributed by atoms with E-state index in [0.717, 1.165) is 12.0 Å². The van der Waals surface area contributed by atoms with Crippen LogP contribution in [0.25, 0.3) is 5.69 Å². The standard InChI is InChI=1S/C19H17NO/c1-11-2-6-16-15(8-11)18-12-3-4-13(9-12)19(18)17-7-5-14(10-21)20(16)17/h2-8,10,12-13,18-19H,9H2,1H3. The molecular weight excluding hydrogens is 258 g/mol. The molecule has 2 aromatic rings. The summed E-state index contributed by atoms with van der Waals surface area (Å²) < 4.78 is 2.19. The highest BCUT2D eigenvalue weighted by atomic mass is 16.1. The summed E-state index contributed by atoms with van der Waals surface area (Å²) in [5.41, 5.74) is 6.06. The largest absolute Gasteiger partial charge is 0.311 e. The minimum Gasteiger partial charge on any atom is -0.311 e. The fourth-order valence-corrected chi connectivity index (χ4v) is 4.89. The monoisotopic (exact) mass is 275 g/mol. The Bertz CT molecular complexity index is 798. The summed E-state index contributed by atoms with van der Waals surface area (Å²) >= 11 is 0. The first-order chi connectivity index (χ1) is 10.3. The van der Waals surface area contributed by atoms with Crippen molar-refractivity contribution >= 4 is 6.29 Å². The van der Waals surface area contributed by atoms with Gasteiger partial charge in [-0.3, -0.25) is 4.79 Å². The molecule has 1 aromatic carbocycles. The summed E-state index contributed by atoms with van der Waals surface area (Å²) in [4.78, 5) is 11.4. The molecule has 0 amide bonds. The van der Waals surface area contributed by atoms with Gasteiger partial charge in [-0.1, -0.05) is 29.8 Å². The molecule has 4 atom stereocenters. The average Bonchev–Trinajstić information content (AvgIpc) is 3.20. The Labute approximate surface area is 124 Å². The van der Waals surface area contributed by atoms with Gasteiger partial charge in [0.25, 0.3) is 0 Å². The van der Waals surface area contributed by atoms with Gasteiger partial charge in [0.1, 0.15) is 0 Å². The fourth-order valence-electron chi connectivity index (χ4n) is 4.89. The van der Waals surface area contributed by atoms with E-state index in [0.29, 0.717) is 23.7 Å². The Hall–Kier alpha value is -2.09. The molecule has 1 saturated carbocycles. The first kappa shape index (κ1) is 11.6. The highest BCUT2D eigenvalue weighted by molar-refractivity contribution is 5.76. The number of aryl methyl sites for hydroxylation is 1. The van der Waals surface area contributed by atoms with Crippen molar-refractivity contribution in [1.29, 1.82) is 0 Å². The third-order valence-electron chi connectivity index (χ3n) is 5.65. The van der Waals surface area contributed by atoms with Crippen LogP contribution >= 0.6 is 0 Å². The Morgan fingerprint density at radius 3 is 2.71 bits per heavy atom. The Kier molecular flexibility index (Phi) is 2.07. The van der Waals surface area contributed by atoms with E-state index < -0.39 is 0 Å². The molecule has 1 fully saturated rings. The first-order valence-electron chi connectivity index (χ1n) is 7.74. The smallest absolute Gasteiger partial charge is 0.166 e. The summed E-state index contributed by atoms with van der Waals surface area (Å²) in [5, 5.41) is 0. The predicted octanol–water partition coefficient (Wildman–Crippen LogP) is 3.98. The van der Waals surface area contributed by atoms with Crippen LogP contribution in [0.15, 0.2) is 42.5 Å². The molecule has 5 rings (SSSR count). The van der Waals surface area contributed by atoms with Crippen LogP contribution in [0.1, 0.15) is 45.6 Å². The molecule has 2 aliphatic carbocycles. The third kappa shape index (κ3) is 1.31. The number of carbonyl (C=O) groups is 1. The number of carbonyl (C=O) groups excluding carboxylic acids is 1. The number of allylic oxidation sites excluding steroid dienone is 2. The molecule has 2 nitrogen and oxygen atoms in total. The van der Waals surface area contributed by atoms with E-state index in [-0.39, 0.29) is 0 Å². The van der Waals surface area contributed by atoms with E-state index >= 15 is 0 Å². The molecule has 0 saturated heterocycles. The third-order valence-corrected chi connectivity index (χ3v) is 5.65. The van der Waals surface area contributed by atoms with E-state index in [4.69, 9.17) is 0 Å². The van der Waals surface area contributed by atoms with Crippen molar-refractivity contribution < 1.29 is 4.79 Å². The predicted molar refractivity (Wildman–Crippen MR) is 82.1 cm³/mol. The molecule has 1 aliphatic heterocycles. The van der Waals surface area contributed by atoms with Crippen molar-refractivity contribution in [3.05, 3.63) is 65.0 Å². The van der Waals surface area contributed by atoms with Crippen molar-refractivity contribution in [3.8, 4) is 5.69 Å². The summed E-state index contributed by atoms with van der Waals surface area (Å²) in [6.07, 6.45) is 7.06. The van der Waals surface area contributed by atoms with Gasteiger partial charge in [-0.15, -0.1) is 0 Å². The number of fused-ring (bicyclic) bond motifs is 10. The molecule has 0 spiro atoms. The minimum atomic E-state index is 0.544. The number of nitrogens with zero attached hydrogens (tertiary/aromatic N) is 1. The van der Waals surface area contributed by atoms with Crippen molar-refractivity contribution in [2.24, 2.45) is 11.8 Å². The van der Waals surface area contributed by atoms with Gasteiger partial charge in [-0.05, 0) is 48.9 Å². The zero-order chi connectivity index (χ0) is 14.1. The van der Waals surface area contributed by atoms with Crippen molar-refractivity contribution in [1.82, 2.24) is 4.57 Å². The van der Waals surface area contributed by atoms with Crippen LogP contribution in [-0.2, 0) is 0 Å². The molecule has 0 N–H and O–H groups in total. The topological polar surface area (TPSA) is 22.0 Å². The number of hydrogen-bond donors (Lipinski definition) is 0. The molecule has 2 heteroatoms. The number of aldehydes is 1. The molecule has 21 heavy (non-hydrogen) atoms. The van der Waals surface area contributed by atoms with Gasteiger partial charge < -0.3 is 4.57 Å². The zero-order valence-electron chi connectivity index (χ0n) is 12.0. The fraction of sp³-hybridized carbons (Fsp3) is 0.316. The molecule has 104 valence electrons. The van der Waals surface area contributed by atoms with Gasteiger partial charge in [0.05, 0.1) is 5.69 Å². The molecule has 3 aliphatic rings. The van der Waals surface area contributed by atoms with Gasteiger partial charge in [0.15, 0.2) is 6.29 Å². The van der Waals surface area contributed by atoms with Gasteiger partial charge in [-0.2, -0.15) is 0 Å². The maximum atomic E-state index is 11.4. The van der Waals surface area contributed by atoms with Crippen molar-refractivity contribution in [2.45, 2.75) is 25.2 Å². The van der Waals surface area contributed by atoms with Crippen molar-refractivity contribution in [3.63, 3.8) is 0 Å². The van der Waals surface area contributed by atoms with E-state index in [1.165, 1.54) is 28.9 Å². The zero-order valence-corrected chi connectivity index (χ0v) is 12.0. The van der Waals surface area contributed by atoms with E-state index in [1.54, 1.807) is 0 Å². The lowest BCUT2D eigenvalue weighted by Crippen LogP contribution is -2.26. The van der Waals surface area contributed by atoms with Crippen LogP contribution in [0.4, 0.5) is 0 Å². The lowest BCUT2D eigenvalue weighted by molar-refractivity contribution is 0.111. The quantitative estimate of drug-likeness (QED) is 0.570. The Morgan fingerprint density at radius 2 is 1.90 bits per heavy atom. The Morgan fingerprint density at radius 1 is 1.10 bits per heavy atom. The van der Waals surface area contributed by atoms with Gasteiger partial charge in [0, 0.05) is 23.2 Å². The summed E-state index contributed by atoms with van der Waals surface area (Å²) in [7, 11) is 0. The highest BCUT2D eigenvalue weighted by Crippen LogP contribution is 2.60.